The van der Waals surface area contributed by atoms with Crippen LogP contribution in [-0.4, -0.2) is 5.16 Å². The highest BCUT2D eigenvalue weighted by Crippen LogP contribution is 2.36. The van der Waals surface area contributed by atoms with E-state index in [2.05, 4.69) is 37.0 Å². The highest BCUT2D eigenvalue weighted by Gasteiger charge is 2.15. The zero-order valence-corrected chi connectivity index (χ0v) is 11.1. The van der Waals surface area contributed by atoms with E-state index in [-0.39, 0.29) is 0 Å². The number of nitrogens with two attached hydrogens (primary N) is 1. The quantitative estimate of drug-likeness (QED) is 0.865. The van der Waals surface area contributed by atoms with E-state index in [1.807, 2.05) is 25.1 Å². The number of halogens is 2. The van der Waals surface area contributed by atoms with Crippen LogP contribution < -0.4 is 5.73 Å². The minimum atomic E-state index is 0.365. The average molecular weight is 332 g/mol. The summed E-state index contributed by atoms with van der Waals surface area (Å²) in [6.07, 6.45) is 0. The zero-order valence-electron chi connectivity index (χ0n) is 7.92. The van der Waals surface area contributed by atoms with Crippen LogP contribution in [0.5, 0.6) is 0 Å². The van der Waals surface area contributed by atoms with Crippen LogP contribution in [0.2, 0.25) is 0 Å². The number of nitrogen functional groups attached to an aromatic ring is 1. The number of nitrogens with zero attached hydrogens (tertiary/aromatic N) is 1. The van der Waals surface area contributed by atoms with Gasteiger partial charge in [0.05, 0.1) is 0 Å². The molecule has 2 rings (SSSR count). The Morgan fingerprint density at radius 1 is 1.33 bits per heavy atom. The smallest absolute Gasteiger partial charge is 0.183 e. The molecular formula is C10H8Br2N2O. The van der Waals surface area contributed by atoms with Crippen molar-refractivity contribution in [2.75, 3.05) is 5.73 Å². The van der Waals surface area contributed by atoms with Gasteiger partial charge in [-0.1, -0.05) is 33.2 Å². The topological polar surface area (TPSA) is 52.0 Å². The van der Waals surface area contributed by atoms with E-state index < -0.39 is 0 Å². The first kappa shape index (κ1) is 10.7. The molecule has 0 atom stereocenters. The van der Waals surface area contributed by atoms with Crippen LogP contribution in [0, 0.1) is 6.92 Å². The molecule has 0 radical (unpaired) electrons. The van der Waals surface area contributed by atoms with Gasteiger partial charge in [-0.05, 0) is 34.5 Å². The van der Waals surface area contributed by atoms with Crippen molar-refractivity contribution in [3.8, 4) is 11.3 Å². The van der Waals surface area contributed by atoms with Gasteiger partial charge in [-0.25, -0.2) is 0 Å². The van der Waals surface area contributed by atoms with Crippen molar-refractivity contribution in [3.63, 3.8) is 0 Å². The first-order valence-corrected chi connectivity index (χ1v) is 5.86. The third kappa shape index (κ3) is 1.81. The molecule has 1 aromatic carbocycles. The Morgan fingerprint density at radius 2 is 2.07 bits per heavy atom. The van der Waals surface area contributed by atoms with Crippen LogP contribution in [0.15, 0.2) is 31.7 Å². The van der Waals surface area contributed by atoms with Gasteiger partial charge >= 0.3 is 0 Å². The number of benzene rings is 1. The lowest BCUT2D eigenvalue weighted by Crippen LogP contribution is -1.85. The summed E-state index contributed by atoms with van der Waals surface area (Å²) >= 11 is 6.82. The third-order valence-electron chi connectivity index (χ3n) is 2.17. The molecule has 78 valence electrons. The van der Waals surface area contributed by atoms with Gasteiger partial charge < -0.3 is 10.3 Å². The summed E-state index contributed by atoms with van der Waals surface area (Å²) in [6.45, 7) is 2.00. The second kappa shape index (κ2) is 3.98. The molecule has 2 aromatic rings. The monoisotopic (exact) mass is 330 g/mol. The Balaban J connectivity index is 2.64. The van der Waals surface area contributed by atoms with E-state index in [1.165, 1.54) is 0 Å². The van der Waals surface area contributed by atoms with E-state index in [1.54, 1.807) is 0 Å². The fourth-order valence-electron chi connectivity index (χ4n) is 1.31. The van der Waals surface area contributed by atoms with Crippen LogP contribution in [0.1, 0.15) is 5.56 Å². The van der Waals surface area contributed by atoms with Gasteiger partial charge in [0.1, 0.15) is 4.47 Å². The lowest BCUT2D eigenvalue weighted by molar-refractivity contribution is 0.435. The summed E-state index contributed by atoms with van der Waals surface area (Å²) in [6, 6.07) is 5.88. The predicted octanol–water partition coefficient (Wildman–Crippen LogP) is 3.76. The molecule has 2 N–H and O–H groups in total. The Morgan fingerprint density at radius 3 is 2.67 bits per heavy atom. The van der Waals surface area contributed by atoms with Crippen molar-refractivity contribution in [1.29, 1.82) is 0 Å². The molecule has 3 nitrogen and oxygen atoms in total. The van der Waals surface area contributed by atoms with Gasteiger partial charge in [0.2, 0.25) is 0 Å². The largest absolute Gasteiger partial charge is 0.380 e. The predicted molar refractivity (Wildman–Crippen MR) is 66.5 cm³/mol. The average Bonchev–Trinajstić information content (AvgIpc) is 2.53. The van der Waals surface area contributed by atoms with Crippen LogP contribution in [0.3, 0.4) is 0 Å². The van der Waals surface area contributed by atoms with Crippen molar-refractivity contribution in [3.05, 3.63) is 32.7 Å². The summed E-state index contributed by atoms with van der Waals surface area (Å²) in [5, 5.41) is 3.70. The maximum atomic E-state index is 5.60. The minimum Gasteiger partial charge on any atom is -0.380 e. The van der Waals surface area contributed by atoms with Gasteiger partial charge in [0.15, 0.2) is 11.6 Å². The molecule has 0 bridgehead atoms. The molecule has 15 heavy (non-hydrogen) atoms. The van der Waals surface area contributed by atoms with E-state index in [0.29, 0.717) is 16.1 Å². The molecule has 0 saturated carbocycles. The van der Waals surface area contributed by atoms with Crippen LogP contribution >= 0.6 is 31.9 Å². The first-order valence-electron chi connectivity index (χ1n) is 4.27. The van der Waals surface area contributed by atoms with Gasteiger partial charge in [-0.3, -0.25) is 0 Å². The molecule has 0 saturated heterocycles. The van der Waals surface area contributed by atoms with Gasteiger partial charge in [-0.15, -0.1) is 0 Å². The molecule has 1 heterocycles. The SMILES string of the molecule is Cc1c(Br)cccc1-c1onc(N)c1Br. The lowest BCUT2D eigenvalue weighted by Gasteiger charge is -2.03. The first-order chi connectivity index (χ1) is 7.11. The van der Waals surface area contributed by atoms with Gasteiger partial charge in [0.25, 0.3) is 0 Å². The van der Waals surface area contributed by atoms with Crippen LogP contribution in [0.25, 0.3) is 11.3 Å². The minimum absolute atomic E-state index is 0.365. The maximum Gasteiger partial charge on any atom is 0.183 e. The third-order valence-corrected chi connectivity index (χ3v) is 3.80. The number of hydrogen-bond acceptors (Lipinski definition) is 3. The van der Waals surface area contributed by atoms with Gasteiger partial charge in [0, 0.05) is 10.0 Å². The van der Waals surface area contributed by atoms with Gasteiger partial charge in [-0.2, -0.15) is 0 Å². The summed E-state index contributed by atoms with van der Waals surface area (Å²) in [5.41, 5.74) is 7.67. The van der Waals surface area contributed by atoms with Crippen molar-refractivity contribution in [2.45, 2.75) is 6.92 Å². The Labute approximate surface area is 104 Å². The fourth-order valence-corrected chi connectivity index (χ4v) is 2.04. The number of rotatable bonds is 1. The Bertz CT molecular complexity index is 508. The number of hydrogen-bond donors (Lipinski definition) is 1. The maximum absolute atomic E-state index is 5.60. The van der Waals surface area contributed by atoms with Crippen molar-refractivity contribution in [2.24, 2.45) is 0 Å². The van der Waals surface area contributed by atoms with E-state index in [0.717, 1.165) is 15.6 Å². The van der Waals surface area contributed by atoms with Crippen molar-refractivity contribution >= 4 is 37.7 Å². The second-order valence-corrected chi connectivity index (χ2v) is 4.77. The molecule has 5 heteroatoms. The number of aromatic nitrogens is 1. The van der Waals surface area contributed by atoms with Crippen LogP contribution in [-0.2, 0) is 0 Å². The Kier molecular flexibility index (Phi) is 2.84. The highest BCUT2D eigenvalue weighted by molar-refractivity contribution is 9.11. The molecule has 0 aliphatic rings. The van der Waals surface area contributed by atoms with Crippen molar-refractivity contribution in [1.82, 2.24) is 5.16 Å². The Hall–Kier alpha value is -0.810. The summed E-state index contributed by atoms with van der Waals surface area (Å²) in [7, 11) is 0. The molecule has 0 fully saturated rings. The zero-order chi connectivity index (χ0) is 11.0. The standard InChI is InChI=1S/C10H8Br2N2O/c1-5-6(3-2-4-7(5)11)9-8(12)10(13)14-15-9/h2-4H,1H3,(H2,13,14). The summed E-state index contributed by atoms with van der Waals surface area (Å²) in [5.74, 6) is 1.02. The molecule has 0 spiro atoms. The summed E-state index contributed by atoms with van der Waals surface area (Å²) < 4.78 is 6.90. The molecule has 0 aliphatic carbocycles. The molecule has 0 unspecified atom stereocenters. The summed E-state index contributed by atoms with van der Waals surface area (Å²) in [4.78, 5) is 0. The molecule has 0 aliphatic heterocycles. The molecule has 0 amide bonds. The fraction of sp³-hybridized carbons (Fsp3) is 0.100. The second-order valence-electron chi connectivity index (χ2n) is 3.12. The van der Waals surface area contributed by atoms with Crippen molar-refractivity contribution < 1.29 is 4.52 Å². The van der Waals surface area contributed by atoms with E-state index in [9.17, 15) is 0 Å². The molecular weight excluding hydrogens is 324 g/mol. The normalized spacial score (nSPS) is 10.6. The van der Waals surface area contributed by atoms with Crippen LogP contribution in [0.4, 0.5) is 5.82 Å². The highest BCUT2D eigenvalue weighted by atomic mass is 79.9. The van der Waals surface area contributed by atoms with E-state index >= 15 is 0 Å². The molecule has 1 aromatic heterocycles. The van der Waals surface area contributed by atoms with E-state index in [4.69, 9.17) is 10.3 Å². The number of anilines is 1. The lowest BCUT2D eigenvalue weighted by atomic mass is 10.1.